The fourth-order valence-corrected chi connectivity index (χ4v) is 3.79. The fraction of sp³-hybridized carbons (Fsp3) is 0.182. The lowest BCUT2D eigenvalue weighted by Crippen LogP contribution is -2.28. The molecule has 2 amide bonds. The normalized spacial score (nSPS) is 15.0. The van der Waals surface area contributed by atoms with E-state index in [1.54, 1.807) is 18.2 Å². The van der Waals surface area contributed by atoms with Gasteiger partial charge < -0.3 is 9.47 Å². The number of benzene rings is 2. The van der Waals surface area contributed by atoms with Gasteiger partial charge in [0.25, 0.3) is 11.1 Å². The van der Waals surface area contributed by atoms with Crippen LogP contribution in [0, 0.1) is 19.3 Å². The van der Waals surface area contributed by atoms with Gasteiger partial charge in [0.15, 0.2) is 11.5 Å². The Balaban J connectivity index is 1.83. The van der Waals surface area contributed by atoms with Gasteiger partial charge in [-0.1, -0.05) is 47.4 Å². The Morgan fingerprint density at radius 2 is 1.97 bits per heavy atom. The van der Waals surface area contributed by atoms with Crippen molar-refractivity contribution in [2.45, 2.75) is 13.5 Å². The van der Waals surface area contributed by atoms with Crippen LogP contribution in [-0.4, -0.2) is 29.7 Å². The predicted octanol–water partition coefficient (Wildman–Crippen LogP) is 4.91. The number of thioether (sulfide) groups is 1. The molecule has 3 rings (SSSR count). The van der Waals surface area contributed by atoms with Crippen LogP contribution in [0.5, 0.6) is 11.5 Å². The summed E-state index contributed by atoms with van der Waals surface area (Å²) in [5.74, 6) is 2.72. The number of halogens is 1. The number of terminal acetylenes is 1. The third-order valence-corrected chi connectivity index (χ3v) is 5.36. The average molecular weight is 428 g/mol. The van der Waals surface area contributed by atoms with Crippen LogP contribution in [0.1, 0.15) is 16.7 Å². The second-order valence-electron chi connectivity index (χ2n) is 6.28. The number of aryl methyl sites for hydroxylation is 1. The molecule has 0 radical (unpaired) electrons. The molecule has 0 aromatic heterocycles. The summed E-state index contributed by atoms with van der Waals surface area (Å²) in [7, 11) is 1.51. The minimum Gasteiger partial charge on any atom is -0.493 e. The van der Waals surface area contributed by atoms with Crippen LogP contribution < -0.4 is 9.47 Å². The fourth-order valence-electron chi connectivity index (χ4n) is 2.68. The molecule has 0 spiro atoms. The second kappa shape index (κ2) is 9.08. The van der Waals surface area contributed by atoms with E-state index in [9.17, 15) is 9.59 Å². The lowest BCUT2D eigenvalue weighted by molar-refractivity contribution is -0.122. The van der Waals surface area contributed by atoms with E-state index in [0.29, 0.717) is 28.7 Å². The summed E-state index contributed by atoms with van der Waals surface area (Å²) in [4.78, 5) is 25.5. The van der Waals surface area contributed by atoms with Gasteiger partial charge in [-0.05, 0) is 48.0 Å². The zero-order valence-corrected chi connectivity index (χ0v) is 17.5. The van der Waals surface area contributed by atoms with Crippen molar-refractivity contribution in [3.05, 3.63) is 63.0 Å². The largest absolute Gasteiger partial charge is 0.493 e. The van der Waals surface area contributed by atoms with Crippen LogP contribution in [0.15, 0.2) is 41.3 Å². The van der Waals surface area contributed by atoms with E-state index in [1.165, 1.54) is 12.7 Å². The predicted molar refractivity (Wildman–Crippen MR) is 115 cm³/mol. The number of carbonyl (C=O) groups is 2. The Kier molecular flexibility index (Phi) is 6.53. The first-order valence-corrected chi connectivity index (χ1v) is 9.87. The van der Waals surface area contributed by atoms with E-state index in [4.69, 9.17) is 27.5 Å². The standard InChI is InChI=1S/C22H18ClNO4S/c1-4-9-24-21(25)19(29-22(24)26)12-16-10-17(23)20(18(11-16)27-3)28-13-15-7-5-14(2)6-8-15/h1,5-8,10-12H,9,13H2,2-3H3/b19-12+. The van der Waals surface area contributed by atoms with E-state index in [0.717, 1.165) is 22.2 Å². The molecule has 2 aromatic carbocycles. The molecule has 7 heteroatoms. The van der Waals surface area contributed by atoms with Crippen molar-refractivity contribution in [2.75, 3.05) is 13.7 Å². The van der Waals surface area contributed by atoms with Gasteiger partial charge in [0.2, 0.25) is 0 Å². The molecular formula is C22H18ClNO4S. The van der Waals surface area contributed by atoms with Crippen LogP contribution in [0.2, 0.25) is 5.02 Å². The number of hydrogen-bond acceptors (Lipinski definition) is 5. The van der Waals surface area contributed by atoms with Gasteiger partial charge in [0.05, 0.1) is 23.6 Å². The lowest BCUT2D eigenvalue weighted by Gasteiger charge is -2.14. The van der Waals surface area contributed by atoms with Crippen LogP contribution in [0.3, 0.4) is 0 Å². The van der Waals surface area contributed by atoms with Gasteiger partial charge in [-0.15, -0.1) is 6.42 Å². The molecule has 1 fully saturated rings. The number of amides is 2. The van der Waals surface area contributed by atoms with E-state index < -0.39 is 11.1 Å². The molecule has 1 aliphatic rings. The van der Waals surface area contributed by atoms with Crippen molar-refractivity contribution in [1.29, 1.82) is 0 Å². The van der Waals surface area contributed by atoms with Crippen molar-refractivity contribution in [2.24, 2.45) is 0 Å². The number of hydrogen-bond donors (Lipinski definition) is 0. The molecule has 1 heterocycles. The van der Waals surface area contributed by atoms with Crippen LogP contribution >= 0.6 is 23.4 Å². The van der Waals surface area contributed by atoms with E-state index in [2.05, 4.69) is 5.92 Å². The number of carbonyl (C=O) groups excluding carboxylic acids is 2. The number of imide groups is 1. The van der Waals surface area contributed by atoms with Gasteiger partial charge in [-0.3, -0.25) is 14.5 Å². The Morgan fingerprint density at radius 1 is 1.24 bits per heavy atom. The highest BCUT2D eigenvalue weighted by Gasteiger charge is 2.34. The summed E-state index contributed by atoms with van der Waals surface area (Å²) < 4.78 is 11.3. The molecule has 5 nitrogen and oxygen atoms in total. The molecule has 0 unspecified atom stereocenters. The lowest BCUT2D eigenvalue weighted by atomic mass is 10.1. The maximum Gasteiger partial charge on any atom is 0.294 e. The Bertz CT molecular complexity index is 1020. The first kappa shape index (κ1) is 20.8. The number of ether oxygens (including phenoxy) is 2. The minimum absolute atomic E-state index is 0.0577. The maximum absolute atomic E-state index is 12.3. The molecule has 148 valence electrons. The molecule has 1 saturated heterocycles. The van der Waals surface area contributed by atoms with Gasteiger partial charge in [0, 0.05) is 0 Å². The molecular weight excluding hydrogens is 410 g/mol. The van der Waals surface area contributed by atoms with Crippen molar-refractivity contribution in [1.82, 2.24) is 4.90 Å². The van der Waals surface area contributed by atoms with E-state index in [1.807, 2.05) is 31.2 Å². The summed E-state index contributed by atoms with van der Waals surface area (Å²) in [6.07, 6.45) is 6.79. The summed E-state index contributed by atoms with van der Waals surface area (Å²) >= 11 is 7.24. The van der Waals surface area contributed by atoms with Crippen molar-refractivity contribution < 1.29 is 19.1 Å². The molecule has 0 bridgehead atoms. The molecule has 0 saturated carbocycles. The second-order valence-corrected chi connectivity index (χ2v) is 7.68. The summed E-state index contributed by atoms with van der Waals surface area (Å²) in [5, 5.41) is -0.0547. The molecule has 0 atom stereocenters. The van der Waals surface area contributed by atoms with E-state index >= 15 is 0 Å². The van der Waals surface area contributed by atoms with Crippen LogP contribution in [0.4, 0.5) is 4.79 Å². The summed E-state index contributed by atoms with van der Waals surface area (Å²) in [5.41, 5.74) is 2.78. The summed E-state index contributed by atoms with van der Waals surface area (Å²) in [6, 6.07) is 11.3. The van der Waals surface area contributed by atoms with Gasteiger partial charge in [-0.25, -0.2) is 0 Å². The molecule has 1 aliphatic heterocycles. The summed E-state index contributed by atoms with van der Waals surface area (Å²) in [6.45, 7) is 2.29. The zero-order chi connectivity index (χ0) is 21.0. The third kappa shape index (κ3) is 4.76. The highest BCUT2D eigenvalue weighted by molar-refractivity contribution is 8.18. The molecule has 29 heavy (non-hydrogen) atoms. The number of rotatable bonds is 6. The first-order valence-electron chi connectivity index (χ1n) is 8.67. The Hall–Kier alpha value is -2.88. The first-order chi connectivity index (χ1) is 13.9. The van der Waals surface area contributed by atoms with Crippen molar-refractivity contribution >= 4 is 40.6 Å². The number of nitrogens with zero attached hydrogens (tertiary/aromatic N) is 1. The van der Waals surface area contributed by atoms with Crippen LogP contribution in [0.25, 0.3) is 6.08 Å². The quantitative estimate of drug-likeness (QED) is 0.484. The van der Waals surface area contributed by atoms with Crippen LogP contribution in [-0.2, 0) is 11.4 Å². The highest BCUT2D eigenvalue weighted by atomic mass is 35.5. The van der Waals surface area contributed by atoms with Gasteiger partial charge >= 0.3 is 0 Å². The molecule has 0 aliphatic carbocycles. The Morgan fingerprint density at radius 3 is 2.62 bits per heavy atom. The number of methoxy groups -OCH3 is 1. The average Bonchev–Trinajstić information content (AvgIpc) is 2.96. The monoisotopic (exact) mass is 427 g/mol. The maximum atomic E-state index is 12.3. The molecule has 0 N–H and O–H groups in total. The minimum atomic E-state index is -0.423. The van der Waals surface area contributed by atoms with E-state index in [-0.39, 0.29) is 11.4 Å². The highest BCUT2D eigenvalue weighted by Crippen LogP contribution is 2.39. The van der Waals surface area contributed by atoms with Gasteiger partial charge in [-0.2, -0.15) is 0 Å². The zero-order valence-electron chi connectivity index (χ0n) is 15.9. The van der Waals surface area contributed by atoms with Crippen molar-refractivity contribution in [3.8, 4) is 23.8 Å². The van der Waals surface area contributed by atoms with Crippen molar-refractivity contribution in [3.63, 3.8) is 0 Å². The molecule has 2 aromatic rings. The SMILES string of the molecule is C#CCN1C(=O)S/C(=C/c2cc(Cl)c(OCc3ccc(C)cc3)c(OC)c2)C1=O. The Labute approximate surface area is 178 Å². The third-order valence-electron chi connectivity index (χ3n) is 4.18. The smallest absolute Gasteiger partial charge is 0.294 e. The van der Waals surface area contributed by atoms with Gasteiger partial charge in [0.1, 0.15) is 6.61 Å². The topological polar surface area (TPSA) is 55.8 Å².